The van der Waals surface area contributed by atoms with E-state index in [1.54, 1.807) is 64.0 Å². The molecule has 0 N–H and O–H groups in total. The predicted molar refractivity (Wildman–Crippen MR) is 117 cm³/mol. The van der Waals surface area contributed by atoms with Crippen LogP contribution in [-0.4, -0.2) is 101 Å². The molecule has 0 spiro atoms. The average Bonchev–Trinajstić information content (AvgIpc) is 2.78. The molecule has 0 fully saturated rings. The van der Waals surface area contributed by atoms with Crippen molar-refractivity contribution in [1.29, 1.82) is 0 Å². The van der Waals surface area contributed by atoms with Gasteiger partial charge in [-0.15, -0.1) is 0 Å². The van der Waals surface area contributed by atoms with Crippen LogP contribution in [0.25, 0.3) is 0 Å². The van der Waals surface area contributed by atoms with Crippen molar-refractivity contribution in [3.05, 3.63) is 0 Å². The van der Waals surface area contributed by atoms with Gasteiger partial charge in [0.15, 0.2) is 0 Å². The normalized spacial score (nSPS) is 13.9. The van der Waals surface area contributed by atoms with E-state index in [2.05, 4.69) is 10.2 Å². The Morgan fingerprint density at radius 1 is 0.448 bits per heavy atom. The maximum Gasteiger partial charge on any atom is 0.500 e. The maximum absolute atomic E-state index is 5.59. The fraction of sp³-hybridized carbons (Fsp3) is 1.00. The van der Waals surface area contributed by atoms with Gasteiger partial charge in [0, 0.05) is 92.4 Å². The molecule has 0 aromatic heterocycles. The maximum atomic E-state index is 5.59. The molecule has 0 bridgehead atoms. The molecule has 173 valence electrons. The first-order chi connectivity index (χ1) is 13.7. The summed E-state index contributed by atoms with van der Waals surface area (Å²) >= 11 is 0. The fourth-order valence-electron chi connectivity index (χ4n) is 3.22. The topological polar surface area (TPSA) is 83.1 Å². The first-order valence-corrected chi connectivity index (χ1v) is 15.7. The van der Waals surface area contributed by atoms with E-state index in [-0.39, 0.29) is 5.04 Å². The van der Waals surface area contributed by atoms with Crippen LogP contribution in [0.3, 0.4) is 0 Å². The van der Waals surface area contributed by atoms with E-state index < -0.39 is 26.4 Å². The molecule has 0 saturated heterocycles. The van der Waals surface area contributed by atoms with Gasteiger partial charge in [-0.3, -0.25) is 0 Å². The number of rotatable bonds is 18. The third-order valence-corrected chi connectivity index (χ3v) is 14.5. The lowest BCUT2D eigenvalue weighted by atomic mass is 9.98. The second-order valence-corrected chi connectivity index (χ2v) is 17.0. The van der Waals surface area contributed by atoms with Crippen LogP contribution in [0.1, 0.15) is 19.3 Å². The fourth-order valence-corrected chi connectivity index (χ4v) is 10.0. The zero-order valence-electron chi connectivity index (χ0n) is 19.4. The van der Waals surface area contributed by atoms with Gasteiger partial charge < -0.3 is 39.8 Å². The summed E-state index contributed by atoms with van der Waals surface area (Å²) < 4.78 is 50.3. The molecule has 13 heteroatoms. The van der Waals surface area contributed by atoms with Crippen LogP contribution in [0.2, 0.25) is 23.2 Å². The summed E-state index contributed by atoms with van der Waals surface area (Å²) in [4.78, 5) is 0. The van der Waals surface area contributed by atoms with Crippen molar-refractivity contribution in [2.24, 2.45) is 0 Å². The van der Waals surface area contributed by atoms with Crippen molar-refractivity contribution < 1.29 is 39.8 Å². The van der Waals surface area contributed by atoms with E-state index in [1.807, 2.05) is 0 Å². The molecule has 0 rings (SSSR count). The van der Waals surface area contributed by atoms with E-state index in [1.165, 1.54) is 0 Å². The lowest BCUT2D eigenvalue weighted by Crippen LogP contribution is -2.46. The number of hydrogen-bond acceptors (Lipinski definition) is 9. The zero-order valence-corrected chi connectivity index (χ0v) is 23.4. The molecule has 0 unspecified atom stereocenters. The molecule has 0 aromatic rings. The van der Waals surface area contributed by atoms with Crippen molar-refractivity contribution in [1.82, 2.24) is 0 Å². The second-order valence-electron chi connectivity index (χ2n) is 6.67. The molecule has 0 aliphatic rings. The van der Waals surface area contributed by atoms with Gasteiger partial charge >= 0.3 is 26.4 Å². The SMILES string of the molecule is CO[Si](CCC([Si])(CC[Si](OC)(OC)OC)CC[Si](OC)(OC)OC)(OC)OC. The number of hydrogen-bond donors (Lipinski definition) is 0. The van der Waals surface area contributed by atoms with Crippen LogP contribution < -0.4 is 0 Å². The van der Waals surface area contributed by atoms with Gasteiger partial charge in [-0.25, -0.2) is 0 Å². The monoisotopic (exact) mass is 487 g/mol. The quantitative estimate of drug-likeness (QED) is 0.270. The molecule has 0 heterocycles. The highest BCUT2D eigenvalue weighted by atomic mass is 28.4. The van der Waals surface area contributed by atoms with Gasteiger partial charge in [0.25, 0.3) is 0 Å². The molecule has 0 aromatic carbocycles. The Bertz CT molecular complexity index is 348. The third-order valence-electron chi connectivity index (χ3n) is 5.53. The van der Waals surface area contributed by atoms with Crippen molar-refractivity contribution in [2.75, 3.05) is 64.0 Å². The van der Waals surface area contributed by atoms with Crippen LogP contribution in [0.15, 0.2) is 0 Å². The smallest absolute Gasteiger partial charge is 0.377 e. The van der Waals surface area contributed by atoms with Gasteiger partial charge in [0.1, 0.15) is 0 Å². The minimum Gasteiger partial charge on any atom is -0.377 e. The lowest BCUT2D eigenvalue weighted by Gasteiger charge is -2.36. The lowest BCUT2D eigenvalue weighted by molar-refractivity contribution is 0.115. The molecule has 0 atom stereocenters. The highest BCUT2D eigenvalue weighted by Crippen LogP contribution is 2.44. The van der Waals surface area contributed by atoms with E-state index in [9.17, 15) is 0 Å². The van der Waals surface area contributed by atoms with E-state index >= 15 is 0 Å². The van der Waals surface area contributed by atoms with Crippen molar-refractivity contribution in [3.8, 4) is 0 Å². The average molecular weight is 488 g/mol. The van der Waals surface area contributed by atoms with Crippen LogP contribution >= 0.6 is 0 Å². The second kappa shape index (κ2) is 13.8. The Morgan fingerprint density at radius 2 is 0.621 bits per heavy atom. The van der Waals surface area contributed by atoms with Gasteiger partial charge in [-0.2, -0.15) is 0 Å². The van der Waals surface area contributed by atoms with E-state index in [0.717, 1.165) is 19.3 Å². The predicted octanol–water partition coefficient (Wildman–Crippen LogP) is 2.12. The highest BCUT2D eigenvalue weighted by Gasteiger charge is 2.46. The van der Waals surface area contributed by atoms with Gasteiger partial charge in [0.05, 0.1) is 0 Å². The zero-order chi connectivity index (χ0) is 22.6. The van der Waals surface area contributed by atoms with Gasteiger partial charge in [-0.1, -0.05) is 0 Å². The Hall–Kier alpha value is 0.508. The summed E-state index contributed by atoms with van der Waals surface area (Å²) in [7, 11) is 10.4. The van der Waals surface area contributed by atoms with Crippen molar-refractivity contribution >= 4 is 36.7 Å². The summed E-state index contributed by atoms with van der Waals surface area (Å²) in [6, 6.07) is 1.93. The molecular formula is C16H39O9Si4. The Labute approximate surface area is 183 Å². The van der Waals surface area contributed by atoms with E-state index in [0.29, 0.717) is 18.1 Å². The third kappa shape index (κ3) is 8.51. The standard InChI is InChI=1S/C16H39O9Si4/c1-17-27(18-2,19-3)13-10-16(26,11-14-28(20-4,21-5)22-6)12-15-29(23-7,24-8)25-9/h10-15H2,1-9H3. The van der Waals surface area contributed by atoms with Crippen LogP contribution in [0.5, 0.6) is 0 Å². The first-order valence-electron chi connectivity index (χ1n) is 9.38. The summed E-state index contributed by atoms with van der Waals surface area (Å²) in [5, 5.41) is -0.296. The summed E-state index contributed by atoms with van der Waals surface area (Å²) in [5.41, 5.74) is 0. The highest BCUT2D eigenvalue weighted by molar-refractivity contribution is 6.61. The molecule has 29 heavy (non-hydrogen) atoms. The van der Waals surface area contributed by atoms with Crippen molar-refractivity contribution in [3.63, 3.8) is 0 Å². The minimum absolute atomic E-state index is 0.296. The summed E-state index contributed by atoms with van der Waals surface area (Å²) in [5.74, 6) is 0. The minimum atomic E-state index is -2.72. The molecule has 3 radical (unpaired) electrons. The molecule has 0 saturated carbocycles. The van der Waals surface area contributed by atoms with Crippen LogP contribution in [0.4, 0.5) is 0 Å². The Kier molecular flexibility index (Phi) is 14.1. The molecule has 0 amide bonds. The van der Waals surface area contributed by atoms with E-state index in [4.69, 9.17) is 39.8 Å². The summed E-state index contributed by atoms with van der Waals surface area (Å²) in [6.45, 7) is 0. The largest absolute Gasteiger partial charge is 0.500 e. The van der Waals surface area contributed by atoms with Crippen LogP contribution in [0, 0.1) is 0 Å². The van der Waals surface area contributed by atoms with Crippen LogP contribution in [-0.2, 0) is 39.8 Å². The summed E-state index contributed by atoms with van der Waals surface area (Å²) in [6.07, 6.45) is 2.23. The van der Waals surface area contributed by atoms with Crippen molar-refractivity contribution in [2.45, 2.75) is 42.4 Å². The Balaban J connectivity index is 5.49. The molecular weight excluding hydrogens is 449 g/mol. The first kappa shape index (κ1) is 29.5. The van der Waals surface area contributed by atoms with Gasteiger partial charge in [0.2, 0.25) is 0 Å². The molecule has 9 nitrogen and oxygen atoms in total. The molecule has 0 aliphatic carbocycles. The Morgan fingerprint density at radius 3 is 0.759 bits per heavy atom. The molecule has 0 aliphatic heterocycles. The van der Waals surface area contributed by atoms with Gasteiger partial charge in [-0.05, 0) is 24.3 Å².